The zero-order valence-electron chi connectivity index (χ0n) is 9.68. The van der Waals surface area contributed by atoms with Gasteiger partial charge in [-0.25, -0.2) is 4.39 Å². The second-order valence-corrected chi connectivity index (χ2v) is 4.34. The number of anilines is 2. The summed E-state index contributed by atoms with van der Waals surface area (Å²) in [5.74, 6) is -0.749. The van der Waals surface area contributed by atoms with E-state index in [-0.39, 0.29) is 29.2 Å². The monoisotopic (exact) mass is 259 g/mol. The molecule has 0 heterocycles. The molecule has 0 aliphatic carbocycles. The van der Waals surface area contributed by atoms with Crippen LogP contribution in [0.25, 0.3) is 0 Å². The fourth-order valence-electron chi connectivity index (χ4n) is 1.26. The Kier molecular flexibility index (Phi) is 4.57. The molecule has 17 heavy (non-hydrogen) atoms. The minimum absolute atomic E-state index is 0.0361. The molecule has 0 aliphatic rings. The van der Waals surface area contributed by atoms with Crippen molar-refractivity contribution >= 4 is 28.9 Å². The lowest BCUT2D eigenvalue weighted by atomic mass is 10.2. The average molecular weight is 260 g/mol. The smallest absolute Gasteiger partial charge is 0.239 e. The zero-order valence-corrected chi connectivity index (χ0v) is 10.4. The van der Waals surface area contributed by atoms with Crippen LogP contribution in [0.2, 0.25) is 5.02 Å². The van der Waals surface area contributed by atoms with Crippen molar-refractivity contribution in [3.63, 3.8) is 0 Å². The number of halogens is 2. The Balaban J connectivity index is 2.63. The van der Waals surface area contributed by atoms with E-state index in [4.69, 9.17) is 17.3 Å². The quantitative estimate of drug-likeness (QED) is 0.725. The number of nitrogens with two attached hydrogens (primary N) is 1. The molecule has 0 aliphatic heterocycles. The van der Waals surface area contributed by atoms with Gasteiger partial charge in [0.2, 0.25) is 5.91 Å². The van der Waals surface area contributed by atoms with E-state index in [0.29, 0.717) is 5.69 Å². The minimum Gasteiger partial charge on any atom is -0.397 e. The van der Waals surface area contributed by atoms with Crippen LogP contribution in [0.3, 0.4) is 0 Å². The number of nitrogens with one attached hydrogen (secondary N) is 2. The first-order valence-corrected chi connectivity index (χ1v) is 5.55. The summed E-state index contributed by atoms with van der Waals surface area (Å²) in [6, 6.07) is 2.54. The number of hydrogen-bond acceptors (Lipinski definition) is 3. The summed E-state index contributed by atoms with van der Waals surface area (Å²) in [6.45, 7) is 3.78. The van der Waals surface area contributed by atoms with Crippen molar-refractivity contribution < 1.29 is 9.18 Å². The summed E-state index contributed by atoms with van der Waals surface area (Å²) in [6.07, 6.45) is 0. The summed E-state index contributed by atoms with van der Waals surface area (Å²) in [5.41, 5.74) is 6.24. The third kappa shape index (κ3) is 4.11. The maximum absolute atomic E-state index is 13.0. The highest BCUT2D eigenvalue weighted by molar-refractivity contribution is 6.31. The van der Waals surface area contributed by atoms with Crippen molar-refractivity contribution in [2.24, 2.45) is 0 Å². The van der Waals surface area contributed by atoms with Gasteiger partial charge < -0.3 is 16.4 Å². The molecule has 0 fully saturated rings. The van der Waals surface area contributed by atoms with Gasteiger partial charge in [0.05, 0.1) is 22.9 Å². The molecule has 1 amide bonds. The Morgan fingerprint density at radius 2 is 2.18 bits per heavy atom. The van der Waals surface area contributed by atoms with Gasteiger partial charge in [-0.3, -0.25) is 4.79 Å². The van der Waals surface area contributed by atoms with Crippen molar-refractivity contribution in [1.29, 1.82) is 0 Å². The maximum atomic E-state index is 13.0. The van der Waals surface area contributed by atoms with Gasteiger partial charge in [0.15, 0.2) is 0 Å². The van der Waals surface area contributed by atoms with Crippen LogP contribution in [0.15, 0.2) is 12.1 Å². The second-order valence-electron chi connectivity index (χ2n) is 3.93. The SMILES string of the molecule is CC(C)NC(=O)CNc1cc(Cl)c(F)cc1N. The molecule has 6 heteroatoms. The van der Waals surface area contributed by atoms with E-state index >= 15 is 0 Å². The normalized spacial score (nSPS) is 10.4. The summed E-state index contributed by atoms with van der Waals surface area (Å²) < 4.78 is 13.0. The van der Waals surface area contributed by atoms with Crippen LogP contribution in [0.1, 0.15) is 13.8 Å². The van der Waals surface area contributed by atoms with Crippen LogP contribution in [-0.4, -0.2) is 18.5 Å². The number of rotatable bonds is 4. The van der Waals surface area contributed by atoms with E-state index in [9.17, 15) is 9.18 Å². The van der Waals surface area contributed by atoms with Gasteiger partial charge in [0, 0.05) is 12.1 Å². The molecular weight excluding hydrogens is 245 g/mol. The lowest BCUT2D eigenvalue weighted by Gasteiger charge is -2.12. The summed E-state index contributed by atoms with van der Waals surface area (Å²) in [7, 11) is 0. The third-order valence-electron chi connectivity index (χ3n) is 1.98. The highest BCUT2D eigenvalue weighted by Crippen LogP contribution is 2.25. The molecule has 1 aromatic rings. The van der Waals surface area contributed by atoms with Crippen LogP contribution in [-0.2, 0) is 4.79 Å². The van der Waals surface area contributed by atoms with Crippen molar-refractivity contribution in [1.82, 2.24) is 5.32 Å². The first-order chi connectivity index (χ1) is 7.90. The summed E-state index contributed by atoms with van der Waals surface area (Å²) in [4.78, 5) is 11.4. The Morgan fingerprint density at radius 1 is 1.53 bits per heavy atom. The number of amides is 1. The van der Waals surface area contributed by atoms with Gasteiger partial charge in [-0.05, 0) is 19.9 Å². The Hall–Kier alpha value is -1.49. The molecule has 0 aromatic heterocycles. The molecule has 1 rings (SSSR count). The fourth-order valence-corrected chi connectivity index (χ4v) is 1.43. The maximum Gasteiger partial charge on any atom is 0.239 e. The second kappa shape index (κ2) is 5.72. The topological polar surface area (TPSA) is 67.2 Å². The van der Waals surface area contributed by atoms with E-state index in [0.717, 1.165) is 6.07 Å². The first-order valence-electron chi connectivity index (χ1n) is 5.18. The molecule has 94 valence electrons. The number of carbonyl (C=O) groups is 1. The van der Waals surface area contributed by atoms with Gasteiger partial charge in [-0.15, -0.1) is 0 Å². The molecular formula is C11H15ClFN3O. The van der Waals surface area contributed by atoms with Crippen LogP contribution in [0, 0.1) is 5.82 Å². The molecule has 0 atom stereocenters. The highest BCUT2D eigenvalue weighted by atomic mass is 35.5. The van der Waals surface area contributed by atoms with Crippen LogP contribution >= 0.6 is 11.6 Å². The lowest BCUT2D eigenvalue weighted by molar-refractivity contribution is -0.119. The molecule has 0 unspecified atom stereocenters. The third-order valence-corrected chi connectivity index (χ3v) is 2.27. The van der Waals surface area contributed by atoms with E-state index in [2.05, 4.69) is 10.6 Å². The van der Waals surface area contributed by atoms with E-state index in [1.165, 1.54) is 6.07 Å². The standard InChI is InChI=1S/C11H15ClFN3O/c1-6(2)16-11(17)5-15-10-3-7(12)8(13)4-9(10)14/h3-4,6,15H,5,14H2,1-2H3,(H,16,17). The Labute approximate surface area is 104 Å². The molecule has 1 aromatic carbocycles. The largest absolute Gasteiger partial charge is 0.397 e. The van der Waals surface area contributed by atoms with E-state index in [1.807, 2.05) is 13.8 Å². The number of nitrogen functional groups attached to an aromatic ring is 1. The predicted molar refractivity (Wildman–Crippen MR) is 67.6 cm³/mol. The Morgan fingerprint density at radius 3 is 2.76 bits per heavy atom. The van der Waals surface area contributed by atoms with E-state index < -0.39 is 5.82 Å². The molecule has 0 saturated heterocycles. The summed E-state index contributed by atoms with van der Waals surface area (Å²) >= 11 is 5.61. The zero-order chi connectivity index (χ0) is 13.0. The van der Waals surface area contributed by atoms with Gasteiger partial charge in [-0.1, -0.05) is 11.6 Å². The van der Waals surface area contributed by atoms with Crippen LogP contribution in [0.4, 0.5) is 15.8 Å². The number of benzene rings is 1. The predicted octanol–water partition coefficient (Wildman–Crippen LogP) is 2.00. The van der Waals surface area contributed by atoms with Crippen LogP contribution in [0.5, 0.6) is 0 Å². The first kappa shape index (κ1) is 13.6. The minimum atomic E-state index is -0.582. The van der Waals surface area contributed by atoms with Crippen molar-refractivity contribution in [2.75, 3.05) is 17.6 Å². The molecule has 0 spiro atoms. The molecule has 0 bridgehead atoms. The van der Waals surface area contributed by atoms with Gasteiger partial charge in [-0.2, -0.15) is 0 Å². The summed E-state index contributed by atoms with van der Waals surface area (Å²) in [5, 5.41) is 5.47. The molecule has 0 radical (unpaired) electrons. The van der Waals surface area contributed by atoms with Crippen molar-refractivity contribution in [3.8, 4) is 0 Å². The highest BCUT2D eigenvalue weighted by Gasteiger charge is 2.08. The number of carbonyl (C=O) groups excluding carboxylic acids is 1. The average Bonchev–Trinajstić information content (AvgIpc) is 2.20. The van der Waals surface area contributed by atoms with Crippen LogP contribution < -0.4 is 16.4 Å². The van der Waals surface area contributed by atoms with Gasteiger partial charge in [0.25, 0.3) is 0 Å². The van der Waals surface area contributed by atoms with E-state index in [1.54, 1.807) is 0 Å². The van der Waals surface area contributed by atoms with Gasteiger partial charge in [0.1, 0.15) is 5.82 Å². The van der Waals surface area contributed by atoms with Gasteiger partial charge >= 0.3 is 0 Å². The van der Waals surface area contributed by atoms with Crippen molar-refractivity contribution in [3.05, 3.63) is 23.0 Å². The molecule has 4 nitrogen and oxygen atoms in total. The van der Waals surface area contributed by atoms with Crippen molar-refractivity contribution in [2.45, 2.75) is 19.9 Å². The molecule has 4 N–H and O–H groups in total. The fraction of sp³-hybridized carbons (Fsp3) is 0.364. The molecule has 0 saturated carbocycles. The Bertz CT molecular complexity index is 423. The lowest BCUT2D eigenvalue weighted by Crippen LogP contribution is -2.34. The number of hydrogen-bond donors (Lipinski definition) is 3.